The molecule has 0 radical (unpaired) electrons. The van der Waals surface area contributed by atoms with Gasteiger partial charge in [-0.2, -0.15) is 0 Å². The average Bonchev–Trinajstić information content (AvgIpc) is 2.60. The van der Waals surface area contributed by atoms with Crippen LogP contribution in [0.4, 0.5) is 0 Å². The third kappa shape index (κ3) is 6.22. The molecule has 24 heavy (non-hydrogen) atoms. The summed E-state index contributed by atoms with van der Waals surface area (Å²) in [6.07, 6.45) is 4.39. The van der Waals surface area contributed by atoms with Crippen molar-refractivity contribution in [2.45, 2.75) is 51.5 Å². The van der Waals surface area contributed by atoms with Crippen molar-refractivity contribution in [1.29, 1.82) is 0 Å². The van der Waals surface area contributed by atoms with Gasteiger partial charge < -0.3 is 15.0 Å². The van der Waals surface area contributed by atoms with Crippen molar-refractivity contribution in [1.82, 2.24) is 10.2 Å². The van der Waals surface area contributed by atoms with E-state index in [4.69, 9.17) is 4.74 Å². The first-order valence-electron chi connectivity index (χ1n) is 8.94. The molecule has 0 spiro atoms. The molecule has 1 saturated heterocycles. The van der Waals surface area contributed by atoms with Crippen LogP contribution in [0.2, 0.25) is 0 Å². The first kappa shape index (κ1) is 18.3. The molecular formula is C19H28N2O3. The number of piperidine rings is 1. The normalized spacial score (nSPS) is 15.1. The molecule has 0 bridgehead atoms. The fourth-order valence-electron chi connectivity index (χ4n) is 2.89. The third-order valence-electron chi connectivity index (χ3n) is 4.24. The standard InChI is InChI=1S/C19H28N2O3/c1-2-7-18(22)20-16-11-13-21(14-12-16)19(23)10-6-15-24-17-8-4-3-5-9-17/h3-5,8-9,16H,2,6-7,10-15H2,1H3,(H,20,22). The highest BCUT2D eigenvalue weighted by Crippen LogP contribution is 2.13. The second-order valence-electron chi connectivity index (χ2n) is 6.24. The van der Waals surface area contributed by atoms with Crippen LogP contribution in [0.15, 0.2) is 30.3 Å². The van der Waals surface area contributed by atoms with Gasteiger partial charge in [0.05, 0.1) is 6.61 Å². The molecule has 5 nitrogen and oxygen atoms in total. The van der Waals surface area contributed by atoms with E-state index in [-0.39, 0.29) is 17.9 Å². The second kappa shape index (κ2) is 9.96. The van der Waals surface area contributed by atoms with Crippen molar-refractivity contribution >= 4 is 11.8 Å². The highest BCUT2D eigenvalue weighted by atomic mass is 16.5. The van der Waals surface area contributed by atoms with E-state index in [1.54, 1.807) is 0 Å². The van der Waals surface area contributed by atoms with Crippen molar-refractivity contribution < 1.29 is 14.3 Å². The van der Waals surface area contributed by atoms with Gasteiger partial charge in [-0.3, -0.25) is 9.59 Å². The van der Waals surface area contributed by atoms with Gasteiger partial charge in [-0.1, -0.05) is 25.1 Å². The van der Waals surface area contributed by atoms with E-state index >= 15 is 0 Å². The van der Waals surface area contributed by atoms with E-state index in [2.05, 4.69) is 5.32 Å². The molecule has 0 aromatic heterocycles. The van der Waals surface area contributed by atoms with Gasteiger partial charge in [0.15, 0.2) is 0 Å². The number of rotatable bonds is 8. The van der Waals surface area contributed by atoms with Crippen LogP contribution < -0.4 is 10.1 Å². The fourth-order valence-corrected chi connectivity index (χ4v) is 2.89. The summed E-state index contributed by atoms with van der Waals surface area (Å²) in [6, 6.07) is 9.87. The largest absolute Gasteiger partial charge is 0.494 e. The van der Waals surface area contributed by atoms with Gasteiger partial charge in [-0.15, -0.1) is 0 Å². The van der Waals surface area contributed by atoms with E-state index in [0.717, 1.165) is 44.5 Å². The van der Waals surface area contributed by atoms with E-state index in [9.17, 15) is 9.59 Å². The van der Waals surface area contributed by atoms with Gasteiger partial charge in [0.2, 0.25) is 11.8 Å². The van der Waals surface area contributed by atoms with Gasteiger partial charge in [0.1, 0.15) is 5.75 Å². The monoisotopic (exact) mass is 332 g/mol. The number of hydrogen-bond acceptors (Lipinski definition) is 3. The number of carbonyl (C=O) groups is 2. The average molecular weight is 332 g/mol. The number of ether oxygens (including phenoxy) is 1. The van der Waals surface area contributed by atoms with Crippen molar-refractivity contribution in [3.63, 3.8) is 0 Å². The van der Waals surface area contributed by atoms with Crippen LogP contribution in [0.1, 0.15) is 45.4 Å². The van der Waals surface area contributed by atoms with Crippen LogP contribution in [0, 0.1) is 0 Å². The minimum absolute atomic E-state index is 0.125. The van der Waals surface area contributed by atoms with E-state index in [0.29, 0.717) is 19.4 Å². The minimum atomic E-state index is 0.125. The molecule has 0 saturated carbocycles. The summed E-state index contributed by atoms with van der Waals surface area (Å²) in [4.78, 5) is 25.7. The Kier molecular flexibility index (Phi) is 7.59. The summed E-state index contributed by atoms with van der Waals surface area (Å²) in [5.74, 6) is 1.15. The predicted molar refractivity (Wildman–Crippen MR) is 93.8 cm³/mol. The first-order chi connectivity index (χ1) is 11.7. The Morgan fingerprint density at radius 1 is 1.17 bits per heavy atom. The Bertz CT molecular complexity index is 511. The molecule has 0 aliphatic carbocycles. The maximum atomic E-state index is 12.2. The molecule has 1 fully saturated rings. The van der Waals surface area contributed by atoms with Crippen LogP contribution >= 0.6 is 0 Å². The summed E-state index contributed by atoms with van der Waals surface area (Å²) >= 11 is 0. The molecule has 1 aromatic rings. The van der Waals surface area contributed by atoms with E-state index < -0.39 is 0 Å². The summed E-state index contributed by atoms with van der Waals surface area (Å²) in [5.41, 5.74) is 0. The van der Waals surface area contributed by atoms with Gasteiger partial charge in [-0.05, 0) is 37.8 Å². The van der Waals surface area contributed by atoms with Gasteiger partial charge in [0, 0.05) is 32.0 Å². The fraction of sp³-hybridized carbons (Fsp3) is 0.579. The maximum Gasteiger partial charge on any atom is 0.222 e. The van der Waals surface area contributed by atoms with Gasteiger partial charge in [-0.25, -0.2) is 0 Å². The molecule has 1 aliphatic heterocycles. The highest BCUT2D eigenvalue weighted by Gasteiger charge is 2.23. The van der Waals surface area contributed by atoms with Crippen molar-refractivity contribution in [2.24, 2.45) is 0 Å². The lowest BCUT2D eigenvalue weighted by molar-refractivity contribution is -0.132. The van der Waals surface area contributed by atoms with Crippen molar-refractivity contribution in [3.05, 3.63) is 30.3 Å². The number of nitrogens with one attached hydrogen (secondary N) is 1. The van der Waals surface area contributed by atoms with E-state index in [1.807, 2.05) is 42.2 Å². The Morgan fingerprint density at radius 2 is 1.88 bits per heavy atom. The lowest BCUT2D eigenvalue weighted by Gasteiger charge is -2.32. The Morgan fingerprint density at radius 3 is 2.54 bits per heavy atom. The smallest absolute Gasteiger partial charge is 0.222 e. The Hall–Kier alpha value is -2.04. The van der Waals surface area contributed by atoms with Crippen LogP contribution in [0.3, 0.4) is 0 Å². The molecule has 2 rings (SSSR count). The highest BCUT2D eigenvalue weighted by molar-refractivity contribution is 5.77. The van der Waals surface area contributed by atoms with Crippen LogP contribution in [-0.4, -0.2) is 42.5 Å². The number of benzene rings is 1. The lowest BCUT2D eigenvalue weighted by Crippen LogP contribution is -2.46. The van der Waals surface area contributed by atoms with Crippen molar-refractivity contribution in [2.75, 3.05) is 19.7 Å². The molecule has 2 amide bonds. The molecule has 1 heterocycles. The van der Waals surface area contributed by atoms with E-state index in [1.165, 1.54) is 0 Å². The minimum Gasteiger partial charge on any atom is -0.494 e. The van der Waals surface area contributed by atoms with Gasteiger partial charge >= 0.3 is 0 Å². The SMILES string of the molecule is CCCC(=O)NC1CCN(C(=O)CCCOc2ccccc2)CC1. The quantitative estimate of drug-likeness (QED) is 0.745. The molecule has 1 N–H and O–H groups in total. The number of amides is 2. The number of nitrogens with zero attached hydrogens (tertiary/aromatic N) is 1. The third-order valence-corrected chi connectivity index (χ3v) is 4.24. The number of carbonyl (C=O) groups excluding carboxylic acids is 2. The zero-order valence-corrected chi connectivity index (χ0v) is 14.5. The predicted octanol–water partition coefficient (Wildman–Crippen LogP) is 2.75. The molecule has 132 valence electrons. The molecule has 1 aliphatic rings. The summed E-state index contributed by atoms with van der Waals surface area (Å²) < 4.78 is 5.61. The summed E-state index contributed by atoms with van der Waals surface area (Å²) in [7, 11) is 0. The Labute approximate surface area is 144 Å². The van der Waals surface area contributed by atoms with Crippen molar-refractivity contribution in [3.8, 4) is 5.75 Å². The van der Waals surface area contributed by atoms with Crippen LogP contribution in [0.25, 0.3) is 0 Å². The number of likely N-dealkylation sites (tertiary alicyclic amines) is 1. The first-order valence-corrected chi connectivity index (χ1v) is 8.94. The van der Waals surface area contributed by atoms with Crippen LogP contribution in [0.5, 0.6) is 5.75 Å². The molecule has 5 heteroatoms. The molecule has 1 aromatic carbocycles. The molecular weight excluding hydrogens is 304 g/mol. The topological polar surface area (TPSA) is 58.6 Å². The zero-order valence-electron chi connectivity index (χ0n) is 14.5. The number of para-hydroxylation sites is 1. The lowest BCUT2D eigenvalue weighted by atomic mass is 10.0. The molecule has 0 atom stereocenters. The summed E-state index contributed by atoms with van der Waals surface area (Å²) in [5, 5.41) is 3.05. The number of hydrogen-bond donors (Lipinski definition) is 1. The maximum absolute atomic E-state index is 12.2. The van der Waals surface area contributed by atoms with Crippen LogP contribution in [-0.2, 0) is 9.59 Å². The zero-order chi connectivity index (χ0) is 17.2. The Balaban J connectivity index is 1.59. The molecule has 0 unspecified atom stereocenters. The second-order valence-corrected chi connectivity index (χ2v) is 6.24. The van der Waals surface area contributed by atoms with Gasteiger partial charge in [0.25, 0.3) is 0 Å². The summed E-state index contributed by atoms with van der Waals surface area (Å²) in [6.45, 7) is 4.02.